The first-order valence-corrected chi connectivity index (χ1v) is 8.61. The van der Waals surface area contributed by atoms with Crippen LogP contribution in [0.1, 0.15) is 31.3 Å². The average molecular weight is 412 g/mol. The van der Waals surface area contributed by atoms with Crippen LogP contribution in [-0.2, 0) is 4.74 Å². The van der Waals surface area contributed by atoms with Crippen molar-refractivity contribution in [3.63, 3.8) is 0 Å². The molecule has 3 rings (SSSR count). The molecular formula is C20H17FN4O5. The van der Waals surface area contributed by atoms with Gasteiger partial charge in [-0.15, -0.1) is 0 Å². The molecule has 0 fully saturated rings. The second kappa shape index (κ2) is 8.86. The van der Waals surface area contributed by atoms with Crippen molar-refractivity contribution in [2.45, 2.75) is 0 Å². The predicted octanol–water partition coefficient (Wildman–Crippen LogP) is 2.85. The third-order valence-electron chi connectivity index (χ3n) is 4.06. The van der Waals surface area contributed by atoms with Crippen LogP contribution >= 0.6 is 0 Å². The number of nitrogens with zero attached hydrogens (tertiary/aromatic N) is 1. The molecule has 3 aromatic rings. The number of esters is 1. The Labute approximate surface area is 170 Å². The Kier molecular flexibility index (Phi) is 6.06. The Balaban J connectivity index is 1.76. The molecule has 3 N–H and O–H groups in total. The van der Waals surface area contributed by atoms with Crippen LogP contribution in [0.2, 0.25) is 0 Å². The van der Waals surface area contributed by atoms with E-state index in [1.807, 2.05) is 0 Å². The minimum absolute atomic E-state index is 0.0786. The molecule has 30 heavy (non-hydrogen) atoms. The first-order valence-electron chi connectivity index (χ1n) is 8.61. The van der Waals surface area contributed by atoms with Gasteiger partial charge in [0, 0.05) is 17.3 Å². The quantitative estimate of drug-likeness (QED) is 0.535. The minimum Gasteiger partial charge on any atom is -0.494 e. The van der Waals surface area contributed by atoms with Gasteiger partial charge in [0.25, 0.3) is 11.8 Å². The van der Waals surface area contributed by atoms with Crippen molar-refractivity contribution in [2.75, 3.05) is 24.9 Å². The Morgan fingerprint density at radius 1 is 1.00 bits per heavy atom. The SMILES string of the molecule is COC(=O)c1[nH]cnc1C(=O)Nc1ccc(NC(=O)c2ccc(F)cc2)c(OC)c1. The van der Waals surface area contributed by atoms with E-state index in [1.165, 1.54) is 63.0 Å². The lowest BCUT2D eigenvalue weighted by atomic mass is 10.2. The molecule has 10 heteroatoms. The van der Waals surface area contributed by atoms with Crippen LogP contribution in [0.15, 0.2) is 48.8 Å². The van der Waals surface area contributed by atoms with Gasteiger partial charge in [-0.05, 0) is 36.4 Å². The van der Waals surface area contributed by atoms with Gasteiger partial charge in [0.15, 0.2) is 11.4 Å². The number of benzene rings is 2. The number of rotatable bonds is 6. The number of hydrogen-bond donors (Lipinski definition) is 3. The van der Waals surface area contributed by atoms with Gasteiger partial charge in [-0.3, -0.25) is 9.59 Å². The lowest BCUT2D eigenvalue weighted by Gasteiger charge is -2.12. The number of carbonyl (C=O) groups is 3. The van der Waals surface area contributed by atoms with E-state index in [9.17, 15) is 18.8 Å². The number of aromatic nitrogens is 2. The summed E-state index contributed by atoms with van der Waals surface area (Å²) in [5.74, 6) is -1.99. The number of H-pyrrole nitrogens is 1. The number of ether oxygens (including phenoxy) is 2. The molecule has 0 aliphatic heterocycles. The van der Waals surface area contributed by atoms with Gasteiger partial charge in [-0.2, -0.15) is 0 Å². The van der Waals surface area contributed by atoms with Crippen molar-refractivity contribution in [1.29, 1.82) is 0 Å². The number of imidazole rings is 1. The van der Waals surface area contributed by atoms with Crippen LogP contribution in [0, 0.1) is 5.82 Å². The first-order chi connectivity index (χ1) is 14.4. The zero-order chi connectivity index (χ0) is 21.7. The number of halogens is 1. The third kappa shape index (κ3) is 4.43. The van der Waals surface area contributed by atoms with E-state index in [4.69, 9.17) is 4.74 Å². The summed E-state index contributed by atoms with van der Waals surface area (Å²) in [6.45, 7) is 0. The zero-order valence-electron chi connectivity index (χ0n) is 16.0. The molecule has 0 aliphatic carbocycles. The number of amides is 2. The molecule has 0 spiro atoms. The molecule has 0 atom stereocenters. The van der Waals surface area contributed by atoms with E-state index in [0.717, 1.165) is 0 Å². The van der Waals surface area contributed by atoms with E-state index in [0.29, 0.717) is 11.4 Å². The molecule has 2 amide bonds. The molecule has 1 heterocycles. The summed E-state index contributed by atoms with van der Waals surface area (Å²) in [5.41, 5.74) is 0.750. The minimum atomic E-state index is -0.728. The summed E-state index contributed by atoms with van der Waals surface area (Å²) in [6.07, 6.45) is 1.20. The molecule has 0 unspecified atom stereocenters. The van der Waals surface area contributed by atoms with E-state index >= 15 is 0 Å². The molecule has 0 aliphatic rings. The number of methoxy groups -OCH3 is 2. The third-order valence-corrected chi connectivity index (χ3v) is 4.06. The number of nitrogens with one attached hydrogen (secondary N) is 3. The molecule has 0 bridgehead atoms. The summed E-state index contributed by atoms with van der Waals surface area (Å²) in [4.78, 5) is 42.8. The average Bonchev–Trinajstić information content (AvgIpc) is 3.24. The standard InChI is InChI=1S/C20H17FN4O5/c1-29-15-9-13(24-19(27)16-17(20(28)30-2)23-10-22-16)7-8-14(15)25-18(26)11-3-5-12(21)6-4-11/h3-10H,1-2H3,(H,22,23)(H,24,27)(H,25,26). The van der Waals surface area contributed by atoms with Gasteiger partial charge in [0.05, 0.1) is 26.2 Å². The summed E-state index contributed by atoms with van der Waals surface area (Å²) < 4.78 is 22.9. The van der Waals surface area contributed by atoms with Crippen molar-refractivity contribution in [1.82, 2.24) is 9.97 Å². The smallest absolute Gasteiger partial charge is 0.356 e. The van der Waals surface area contributed by atoms with E-state index in [-0.39, 0.29) is 22.7 Å². The lowest BCUT2D eigenvalue weighted by Crippen LogP contribution is -2.17. The molecule has 1 aromatic heterocycles. The molecule has 154 valence electrons. The molecule has 0 radical (unpaired) electrons. The fraction of sp³-hybridized carbons (Fsp3) is 0.100. The van der Waals surface area contributed by atoms with Gasteiger partial charge < -0.3 is 25.1 Å². The van der Waals surface area contributed by atoms with Crippen molar-refractivity contribution in [2.24, 2.45) is 0 Å². The van der Waals surface area contributed by atoms with Crippen LogP contribution < -0.4 is 15.4 Å². The highest BCUT2D eigenvalue weighted by atomic mass is 19.1. The fourth-order valence-electron chi connectivity index (χ4n) is 2.58. The van der Waals surface area contributed by atoms with Gasteiger partial charge >= 0.3 is 5.97 Å². The lowest BCUT2D eigenvalue weighted by molar-refractivity contribution is 0.0591. The molecule has 0 saturated heterocycles. The van der Waals surface area contributed by atoms with Crippen LogP contribution in [0.25, 0.3) is 0 Å². The van der Waals surface area contributed by atoms with Gasteiger partial charge in [-0.1, -0.05) is 0 Å². The molecule has 2 aromatic carbocycles. The monoisotopic (exact) mass is 412 g/mol. The maximum Gasteiger partial charge on any atom is 0.356 e. The van der Waals surface area contributed by atoms with Gasteiger partial charge in [0.1, 0.15) is 11.6 Å². The van der Waals surface area contributed by atoms with Gasteiger partial charge in [-0.25, -0.2) is 14.2 Å². The van der Waals surface area contributed by atoms with Gasteiger partial charge in [0.2, 0.25) is 0 Å². The summed E-state index contributed by atoms with van der Waals surface area (Å²) in [5, 5.41) is 5.25. The number of aromatic amines is 1. The highest BCUT2D eigenvalue weighted by molar-refractivity contribution is 6.09. The summed E-state index contributed by atoms with van der Waals surface area (Å²) >= 11 is 0. The normalized spacial score (nSPS) is 10.2. The second-order valence-electron chi connectivity index (χ2n) is 5.95. The number of hydrogen-bond acceptors (Lipinski definition) is 6. The van der Waals surface area contributed by atoms with Crippen molar-refractivity contribution in [3.05, 3.63) is 71.6 Å². The number of carbonyl (C=O) groups excluding carboxylic acids is 3. The van der Waals surface area contributed by atoms with E-state index in [1.54, 1.807) is 0 Å². The second-order valence-corrected chi connectivity index (χ2v) is 5.95. The highest BCUT2D eigenvalue weighted by Crippen LogP contribution is 2.28. The van der Waals surface area contributed by atoms with Crippen LogP contribution in [0.5, 0.6) is 5.75 Å². The van der Waals surface area contributed by atoms with Crippen molar-refractivity contribution < 1.29 is 28.2 Å². The summed E-state index contributed by atoms with van der Waals surface area (Å²) in [7, 11) is 2.59. The van der Waals surface area contributed by atoms with Crippen molar-refractivity contribution in [3.8, 4) is 5.75 Å². The van der Waals surface area contributed by atoms with Crippen LogP contribution in [0.4, 0.5) is 15.8 Å². The number of anilines is 2. The maximum absolute atomic E-state index is 13.0. The molecule has 9 nitrogen and oxygen atoms in total. The highest BCUT2D eigenvalue weighted by Gasteiger charge is 2.21. The maximum atomic E-state index is 13.0. The Hall–Kier alpha value is -4.21. The topological polar surface area (TPSA) is 122 Å². The first kappa shape index (κ1) is 20.5. The Bertz CT molecular complexity index is 1090. The summed E-state index contributed by atoms with van der Waals surface area (Å²) in [6, 6.07) is 9.63. The Morgan fingerprint density at radius 2 is 1.73 bits per heavy atom. The molecule has 0 saturated carbocycles. The van der Waals surface area contributed by atoms with Crippen LogP contribution in [-0.4, -0.2) is 42.0 Å². The van der Waals surface area contributed by atoms with E-state index < -0.39 is 23.6 Å². The zero-order valence-corrected chi connectivity index (χ0v) is 16.0. The molecular weight excluding hydrogens is 395 g/mol. The predicted molar refractivity (Wildman–Crippen MR) is 105 cm³/mol. The Morgan fingerprint density at radius 3 is 2.40 bits per heavy atom. The largest absolute Gasteiger partial charge is 0.494 e. The van der Waals surface area contributed by atoms with Crippen molar-refractivity contribution >= 4 is 29.2 Å². The fourth-order valence-corrected chi connectivity index (χ4v) is 2.58. The van der Waals surface area contributed by atoms with E-state index in [2.05, 4.69) is 25.3 Å². The van der Waals surface area contributed by atoms with Crippen LogP contribution in [0.3, 0.4) is 0 Å².